The number of ether oxygens (including phenoxy) is 1. The molecule has 1 aromatic carbocycles. The lowest BCUT2D eigenvalue weighted by atomic mass is 9.96. The molecule has 1 amide bonds. The molecule has 0 radical (unpaired) electrons. The van der Waals surface area contributed by atoms with Crippen molar-refractivity contribution in [1.29, 1.82) is 0 Å². The zero-order valence-electron chi connectivity index (χ0n) is 17.3. The van der Waals surface area contributed by atoms with E-state index in [-0.39, 0.29) is 17.8 Å². The van der Waals surface area contributed by atoms with Gasteiger partial charge < -0.3 is 14.2 Å². The van der Waals surface area contributed by atoms with Crippen molar-refractivity contribution in [3.8, 4) is 11.5 Å². The molecule has 2 aromatic heterocycles. The minimum Gasteiger partial charge on any atom is -0.466 e. The highest BCUT2D eigenvalue weighted by Gasteiger charge is 2.31. The number of aromatic nitrogens is 3. The number of amides is 1. The van der Waals surface area contributed by atoms with Gasteiger partial charge in [-0.2, -0.15) is 5.10 Å². The van der Waals surface area contributed by atoms with Gasteiger partial charge in [0.05, 0.1) is 24.4 Å². The normalized spacial score (nSPS) is 14.7. The third-order valence-corrected chi connectivity index (χ3v) is 5.50. The molecule has 0 spiro atoms. The monoisotopic (exact) mass is 406 g/mol. The number of hydrogen-bond acceptors (Lipinski definition) is 4. The zero-order chi connectivity index (χ0) is 21.1. The quantitative estimate of drug-likeness (QED) is 0.609. The highest BCUT2D eigenvalue weighted by atomic mass is 16.5. The molecule has 0 unspecified atom stereocenters. The lowest BCUT2D eigenvalue weighted by Crippen LogP contribution is -2.40. The molecule has 156 valence electrons. The fraction of sp³-hybridized carbons (Fsp3) is 0.348. The number of rotatable bonds is 5. The summed E-state index contributed by atoms with van der Waals surface area (Å²) >= 11 is 0. The van der Waals surface area contributed by atoms with E-state index in [1.807, 2.05) is 67.2 Å². The Morgan fingerprint density at radius 2 is 1.77 bits per heavy atom. The van der Waals surface area contributed by atoms with Crippen LogP contribution in [0.3, 0.4) is 0 Å². The Bertz CT molecular complexity index is 1010. The number of esters is 1. The summed E-state index contributed by atoms with van der Waals surface area (Å²) in [5, 5.41) is 4.53. The first-order valence-electron chi connectivity index (χ1n) is 10.3. The van der Waals surface area contributed by atoms with Crippen LogP contribution in [0, 0.1) is 12.8 Å². The van der Waals surface area contributed by atoms with Crippen molar-refractivity contribution in [2.24, 2.45) is 5.92 Å². The van der Waals surface area contributed by atoms with Crippen LogP contribution in [0.1, 0.15) is 35.7 Å². The van der Waals surface area contributed by atoms with Gasteiger partial charge in [0.2, 0.25) is 0 Å². The smallest absolute Gasteiger partial charge is 0.309 e. The number of hydrogen-bond donors (Lipinski definition) is 0. The Kier molecular flexibility index (Phi) is 5.70. The molecule has 7 nitrogen and oxygen atoms in total. The summed E-state index contributed by atoms with van der Waals surface area (Å²) in [5.41, 5.74) is 2.60. The molecule has 0 aliphatic carbocycles. The average molecular weight is 406 g/mol. The molecule has 0 atom stereocenters. The minimum absolute atomic E-state index is 0.0700. The number of nitrogens with zero attached hydrogens (tertiary/aromatic N) is 4. The molecule has 3 aromatic rings. The average Bonchev–Trinajstić information content (AvgIpc) is 3.44. The van der Waals surface area contributed by atoms with Crippen LogP contribution in [-0.2, 0) is 9.53 Å². The summed E-state index contributed by atoms with van der Waals surface area (Å²) in [6, 6.07) is 11.9. The second kappa shape index (κ2) is 8.57. The SMILES string of the molecule is CCOC(=O)C1CCN(C(=O)c2cnn(-c3ccc(C)cc3)c2-n2cccc2)CC1. The summed E-state index contributed by atoms with van der Waals surface area (Å²) < 4.78 is 8.83. The Balaban J connectivity index is 1.61. The molecule has 0 saturated carbocycles. The summed E-state index contributed by atoms with van der Waals surface area (Å²) in [4.78, 5) is 27.2. The van der Waals surface area contributed by atoms with Crippen LogP contribution in [-0.4, -0.2) is 50.8 Å². The predicted molar refractivity (Wildman–Crippen MR) is 113 cm³/mol. The maximum Gasteiger partial charge on any atom is 0.309 e. The topological polar surface area (TPSA) is 69.4 Å². The van der Waals surface area contributed by atoms with Gasteiger partial charge in [-0.1, -0.05) is 17.7 Å². The van der Waals surface area contributed by atoms with Gasteiger partial charge in [-0.05, 0) is 51.0 Å². The van der Waals surface area contributed by atoms with E-state index in [1.54, 1.807) is 15.8 Å². The van der Waals surface area contributed by atoms with Crippen molar-refractivity contribution in [2.75, 3.05) is 19.7 Å². The van der Waals surface area contributed by atoms with Gasteiger partial charge in [-0.25, -0.2) is 4.68 Å². The van der Waals surface area contributed by atoms with Crippen molar-refractivity contribution in [2.45, 2.75) is 26.7 Å². The first kappa shape index (κ1) is 19.9. The summed E-state index contributed by atoms with van der Waals surface area (Å²) in [6.07, 6.45) is 6.69. The van der Waals surface area contributed by atoms with E-state index in [9.17, 15) is 9.59 Å². The van der Waals surface area contributed by atoms with E-state index >= 15 is 0 Å². The van der Waals surface area contributed by atoms with Gasteiger partial charge in [0.1, 0.15) is 5.56 Å². The van der Waals surface area contributed by atoms with E-state index in [4.69, 9.17) is 4.74 Å². The van der Waals surface area contributed by atoms with Crippen LogP contribution in [0.25, 0.3) is 11.5 Å². The molecule has 4 rings (SSSR count). The van der Waals surface area contributed by atoms with E-state index in [2.05, 4.69) is 5.10 Å². The van der Waals surface area contributed by atoms with E-state index in [0.29, 0.717) is 43.9 Å². The van der Waals surface area contributed by atoms with Crippen molar-refractivity contribution in [3.63, 3.8) is 0 Å². The largest absolute Gasteiger partial charge is 0.466 e. The van der Waals surface area contributed by atoms with Crippen LogP contribution >= 0.6 is 0 Å². The molecule has 0 N–H and O–H groups in total. The Morgan fingerprint density at radius 1 is 1.10 bits per heavy atom. The minimum atomic E-state index is -0.162. The maximum absolute atomic E-state index is 13.4. The highest BCUT2D eigenvalue weighted by molar-refractivity contribution is 5.97. The zero-order valence-corrected chi connectivity index (χ0v) is 17.3. The van der Waals surface area contributed by atoms with Gasteiger partial charge in [-0.3, -0.25) is 9.59 Å². The van der Waals surface area contributed by atoms with Crippen molar-refractivity contribution in [1.82, 2.24) is 19.2 Å². The van der Waals surface area contributed by atoms with Gasteiger partial charge in [-0.15, -0.1) is 0 Å². The summed E-state index contributed by atoms with van der Waals surface area (Å²) in [6.45, 7) is 5.29. The summed E-state index contributed by atoms with van der Waals surface area (Å²) in [5.74, 6) is 0.346. The number of aryl methyl sites for hydroxylation is 1. The maximum atomic E-state index is 13.4. The number of carbonyl (C=O) groups excluding carboxylic acids is 2. The molecule has 1 aliphatic rings. The van der Waals surface area contributed by atoms with Gasteiger partial charge >= 0.3 is 5.97 Å². The van der Waals surface area contributed by atoms with Crippen molar-refractivity contribution >= 4 is 11.9 Å². The van der Waals surface area contributed by atoms with Crippen LogP contribution < -0.4 is 0 Å². The number of piperidine rings is 1. The second-order valence-corrected chi connectivity index (χ2v) is 7.54. The third-order valence-electron chi connectivity index (χ3n) is 5.50. The van der Waals surface area contributed by atoms with Crippen LogP contribution in [0.15, 0.2) is 55.0 Å². The van der Waals surface area contributed by atoms with Crippen LogP contribution in [0.2, 0.25) is 0 Å². The van der Waals surface area contributed by atoms with E-state index < -0.39 is 0 Å². The van der Waals surface area contributed by atoms with Gasteiger partial charge in [0.25, 0.3) is 5.91 Å². The Morgan fingerprint density at radius 3 is 2.40 bits per heavy atom. The molecule has 3 heterocycles. The van der Waals surface area contributed by atoms with E-state index in [0.717, 1.165) is 11.3 Å². The molecule has 1 saturated heterocycles. The molecular weight excluding hydrogens is 380 g/mol. The van der Waals surface area contributed by atoms with Crippen LogP contribution in [0.4, 0.5) is 0 Å². The predicted octanol–water partition coefficient (Wildman–Crippen LogP) is 3.39. The number of carbonyl (C=O) groups is 2. The highest BCUT2D eigenvalue weighted by Crippen LogP contribution is 2.25. The molecular formula is C23H26N4O3. The molecule has 30 heavy (non-hydrogen) atoms. The first-order valence-corrected chi connectivity index (χ1v) is 10.3. The molecule has 1 aliphatic heterocycles. The lowest BCUT2D eigenvalue weighted by molar-refractivity contribution is -0.149. The number of benzene rings is 1. The summed E-state index contributed by atoms with van der Waals surface area (Å²) in [7, 11) is 0. The third kappa shape index (κ3) is 3.87. The fourth-order valence-electron chi connectivity index (χ4n) is 3.84. The van der Waals surface area contributed by atoms with E-state index in [1.165, 1.54) is 0 Å². The Labute approximate surface area is 175 Å². The Hall–Kier alpha value is -3.35. The first-order chi connectivity index (χ1) is 14.6. The fourth-order valence-corrected chi connectivity index (χ4v) is 3.84. The second-order valence-electron chi connectivity index (χ2n) is 7.54. The van der Waals surface area contributed by atoms with Gasteiger partial charge in [0.15, 0.2) is 5.82 Å². The standard InChI is InChI=1S/C23H26N4O3/c1-3-30-23(29)18-10-14-26(15-11-18)22(28)20-16-24-27(19-8-6-17(2)7-9-19)21(20)25-12-4-5-13-25/h4-9,12-13,16,18H,3,10-11,14-15H2,1-2H3. The molecule has 0 bridgehead atoms. The molecule has 7 heteroatoms. The number of likely N-dealkylation sites (tertiary alicyclic amines) is 1. The van der Waals surface area contributed by atoms with Gasteiger partial charge in [0, 0.05) is 25.5 Å². The van der Waals surface area contributed by atoms with Crippen LogP contribution in [0.5, 0.6) is 0 Å². The lowest BCUT2D eigenvalue weighted by Gasteiger charge is -2.30. The van der Waals surface area contributed by atoms with Crippen molar-refractivity contribution in [3.05, 3.63) is 66.1 Å². The van der Waals surface area contributed by atoms with Crippen molar-refractivity contribution < 1.29 is 14.3 Å². The molecule has 1 fully saturated rings.